The summed E-state index contributed by atoms with van der Waals surface area (Å²) >= 11 is 3.33. The van der Waals surface area contributed by atoms with Crippen LogP contribution in [0.3, 0.4) is 0 Å². The van der Waals surface area contributed by atoms with Crippen molar-refractivity contribution in [1.29, 1.82) is 0 Å². The molecular weight excluding hydrogens is 813 g/mol. The zero-order valence-corrected chi connectivity index (χ0v) is 37.5. The highest BCUT2D eigenvalue weighted by atomic mass is 32.2. The Labute approximate surface area is 366 Å². The smallest absolute Gasteiger partial charge is 0.315 e. The first-order chi connectivity index (χ1) is 29.4. The van der Waals surface area contributed by atoms with Crippen molar-refractivity contribution in [1.82, 2.24) is 21.3 Å². The third kappa shape index (κ3) is 26.5. The minimum Gasteiger partial charge on any atom is -0.491 e. The van der Waals surface area contributed by atoms with Gasteiger partial charge in [0.05, 0.1) is 71.5 Å². The van der Waals surface area contributed by atoms with E-state index in [1.54, 1.807) is 31.2 Å². The van der Waals surface area contributed by atoms with E-state index >= 15 is 0 Å². The number of unbranched alkanes of at least 4 members (excludes halogenated alkanes) is 9. The van der Waals surface area contributed by atoms with Crippen LogP contribution in [0.4, 0.5) is 4.79 Å². The van der Waals surface area contributed by atoms with Crippen LogP contribution < -0.4 is 30.7 Å². The molecule has 4 amide bonds. The molecule has 0 aromatic heterocycles. The topological polar surface area (TPSA) is 181 Å². The van der Waals surface area contributed by atoms with Crippen molar-refractivity contribution in [3.05, 3.63) is 24.3 Å². The van der Waals surface area contributed by atoms with Crippen LogP contribution in [0.2, 0.25) is 0 Å². The van der Waals surface area contributed by atoms with Crippen LogP contribution in [0.5, 0.6) is 11.5 Å². The molecule has 342 valence electrons. The maximum Gasteiger partial charge on any atom is 0.315 e. The molecule has 0 saturated carbocycles. The quantitative estimate of drug-likeness (QED) is 0.0496. The number of amides is 4. The lowest BCUT2D eigenvalue weighted by Crippen LogP contribution is -2.36. The van der Waals surface area contributed by atoms with E-state index < -0.39 is 0 Å². The molecule has 4 N–H and O–H groups in total. The van der Waals surface area contributed by atoms with Gasteiger partial charge in [-0.1, -0.05) is 63.1 Å². The van der Waals surface area contributed by atoms with E-state index in [2.05, 4.69) is 21.3 Å². The fourth-order valence-corrected chi connectivity index (χ4v) is 8.74. The number of benzene rings is 1. The van der Waals surface area contributed by atoms with Gasteiger partial charge in [-0.2, -0.15) is 11.8 Å². The van der Waals surface area contributed by atoms with Gasteiger partial charge in [-0.3, -0.25) is 14.4 Å². The molecule has 1 aromatic rings. The molecule has 1 aromatic carbocycles. The van der Waals surface area contributed by atoms with Crippen molar-refractivity contribution in [2.45, 2.75) is 108 Å². The second-order valence-corrected chi connectivity index (χ2v) is 17.3. The third-order valence-electron chi connectivity index (χ3n) is 9.76. The van der Waals surface area contributed by atoms with Gasteiger partial charge in [-0.05, 0) is 49.9 Å². The fraction of sp³-hybridized carbons (Fsp3) is 0.767. The largest absolute Gasteiger partial charge is 0.491 e. The Morgan fingerprint density at radius 1 is 0.633 bits per heavy atom. The molecule has 3 rings (SSSR count). The Morgan fingerprint density at radius 3 is 1.80 bits per heavy atom. The molecule has 2 heterocycles. The van der Waals surface area contributed by atoms with Crippen LogP contribution >= 0.6 is 23.5 Å². The molecule has 17 heteroatoms. The van der Waals surface area contributed by atoms with Gasteiger partial charge < -0.3 is 54.4 Å². The normalized spacial score (nSPS) is 16.9. The maximum atomic E-state index is 12.1. The fourth-order valence-electron chi connectivity index (χ4n) is 6.56. The number of thioether (sulfide) groups is 2. The molecule has 3 unspecified atom stereocenters. The van der Waals surface area contributed by atoms with E-state index in [1.807, 2.05) is 11.8 Å². The van der Waals surface area contributed by atoms with Gasteiger partial charge in [0.15, 0.2) is 11.7 Å². The SMILES string of the molecule is CC(=O)SCCCCCCCCCCCOCCOCCOCCOc1ccc(OCC(=O)NCCOCCOCCNC(=O)CCCCC2SCC3NC(=O)NC32)cc1. The summed E-state index contributed by atoms with van der Waals surface area (Å²) in [7, 11) is 0. The number of carbonyl (C=O) groups excluding carboxylic acids is 4. The van der Waals surface area contributed by atoms with E-state index in [0.29, 0.717) is 102 Å². The van der Waals surface area contributed by atoms with Gasteiger partial charge in [0.25, 0.3) is 5.91 Å². The van der Waals surface area contributed by atoms with E-state index in [1.165, 1.54) is 56.7 Å². The first kappa shape index (κ1) is 51.5. The van der Waals surface area contributed by atoms with Gasteiger partial charge >= 0.3 is 6.03 Å². The highest BCUT2D eigenvalue weighted by Gasteiger charge is 2.42. The van der Waals surface area contributed by atoms with Gasteiger partial charge in [0, 0.05) is 49.8 Å². The van der Waals surface area contributed by atoms with Crippen molar-refractivity contribution in [2.75, 3.05) is 104 Å². The third-order valence-corrected chi connectivity index (χ3v) is 12.2. The number of rotatable bonds is 39. The average Bonchev–Trinajstić information content (AvgIpc) is 3.80. The molecule has 2 aliphatic heterocycles. The molecule has 3 atom stereocenters. The molecule has 0 aliphatic carbocycles. The molecule has 2 fully saturated rings. The second kappa shape index (κ2) is 34.7. The van der Waals surface area contributed by atoms with Crippen LogP contribution in [0, 0.1) is 0 Å². The van der Waals surface area contributed by atoms with Crippen molar-refractivity contribution >= 4 is 46.5 Å². The van der Waals surface area contributed by atoms with Crippen molar-refractivity contribution in [3.63, 3.8) is 0 Å². The number of carbonyl (C=O) groups is 4. The Hall–Kier alpha value is -2.80. The molecule has 15 nitrogen and oxygen atoms in total. The first-order valence-electron chi connectivity index (χ1n) is 22.0. The summed E-state index contributed by atoms with van der Waals surface area (Å²) in [5.74, 6) is 2.93. The van der Waals surface area contributed by atoms with E-state index in [9.17, 15) is 19.2 Å². The van der Waals surface area contributed by atoms with Crippen LogP contribution in [-0.2, 0) is 38.1 Å². The second-order valence-electron chi connectivity index (χ2n) is 14.8. The Kier molecular flexibility index (Phi) is 29.9. The number of fused-ring (bicyclic) bond motifs is 1. The summed E-state index contributed by atoms with van der Waals surface area (Å²) in [6.07, 6.45) is 14.4. The van der Waals surface area contributed by atoms with Crippen LogP contribution in [0.25, 0.3) is 0 Å². The van der Waals surface area contributed by atoms with Crippen molar-refractivity contribution < 1.29 is 52.3 Å². The van der Waals surface area contributed by atoms with Crippen LogP contribution in [0.15, 0.2) is 24.3 Å². The molecule has 0 spiro atoms. The minimum absolute atomic E-state index is 0.0191. The van der Waals surface area contributed by atoms with Gasteiger partial charge in [-0.25, -0.2) is 4.79 Å². The van der Waals surface area contributed by atoms with Gasteiger partial charge in [-0.15, -0.1) is 0 Å². The molecule has 2 aliphatic rings. The zero-order chi connectivity index (χ0) is 42.7. The van der Waals surface area contributed by atoms with E-state index in [0.717, 1.165) is 50.2 Å². The summed E-state index contributed by atoms with van der Waals surface area (Å²) in [5, 5.41) is 12.2. The highest BCUT2D eigenvalue weighted by molar-refractivity contribution is 8.13. The lowest BCUT2D eigenvalue weighted by Gasteiger charge is -2.16. The summed E-state index contributed by atoms with van der Waals surface area (Å²) in [4.78, 5) is 46.6. The van der Waals surface area contributed by atoms with E-state index in [-0.39, 0.29) is 41.7 Å². The summed E-state index contributed by atoms with van der Waals surface area (Å²) in [5.41, 5.74) is 0. The lowest BCUT2D eigenvalue weighted by molar-refractivity contribution is -0.123. The highest BCUT2D eigenvalue weighted by Crippen LogP contribution is 2.33. The Bertz CT molecular complexity index is 1300. The van der Waals surface area contributed by atoms with E-state index in [4.69, 9.17) is 33.2 Å². The number of hydrogen-bond donors (Lipinski definition) is 4. The minimum atomic E-state index is -0.247. The molecule has 60 heavy (non-hydrogen) atoms. The number of ether oxygens (including phenoxy) is 7. The lowest BCUT2D eigenvalue weighted by atomic mass is 10.0. The van der Waals surface area contributed by atoms with Crippen molar-refractivity contribution in [3.8, 4) is 11.5 Å². The number of hydrogen-bond acceptors (Lipinski definition) is 13. The van der Waals surface area contributed by atoms with Crippen molar-refractivity contribution in [2.24, 2.45) is 0 Å². The zero-order valence-electron chi connectivity index (χ0n) is 35.9. The predicted molar refractivity (Wildman–Crippen MR) is 236 cm³/mol. The maximum absolute atomic E-state index is 12.1. The summed E-state index contributed by atoms with van der Waals surface area (Å²) in [6, 6.07) is 7.44. The monoisotopic (exact) mass is 884 g/mol. The standard InChI is InChI=1S/C43H72N4O11S2/c1-35(48)59-32-12-8-6-4-2-3-5-7-11-21-52-24-27-55-28-29-56-30-31-57-36-15-17-37(18-16-36)58-33-41(50)45-20-23-54-26-25-53-22-19-44-40(49)14-10-9-13-39-42-38(34-60-39)46-43(51)47-42/h15-18,38-39,42H,2-14,19-34H2,1H3,(H,44,49)(H,45,50)(H2,46,47,51). The number of urea groups is 1. The number of nitrogens with one attached hydrogen (secondary N) is 4. The molecule has 2 saturated heterocycles. The first-order valence-corrected chi connectivity index (χ1v) is 24.0. The Morgan fingerprint density at radius 2 is 1.17 bits per heavy atom. The van der Waals surface area contributed by atoms with Gasteiger partial charge in [0.1, 0.15) is 18.1 Å². The van der Waals surface area contributed by atoms with Crippen LogP contribution in [-0.4, -0.2) is 144 Å². The summed E-state index contributed by atoms with van der Waals surface area (Å²) < 4.78 is 39.1. The Balaban J connectivity index is 0.988. The molecular formula is C43H72N4O11S2. The average molecular weight is 885 g/mol. The predicted octanol–water partition coefficient (Wildman–Crippen LogP) is 5.28. The van der Waals surface area contributed by atoms with Gasteiger partial charge in [0.2, 0.25) is 5.91 Å². The molecule has 0 radical (unpaired) electrons. The van der Waals surface area contributed by atoms with Crippen LogP contribution in [0.1, 0.15) is 90.4 Å². The molecule has 0 bridgehead atoms. The summed E-state index contributed by atoms with van der Waals surface area (Å²) in [6.45, 7) is 7.65.